The second-order valence-electron chi connectivity index (χ2n) is 8.20. The summed E-state index contributed by atoms with van der Waals surface area (Å²) < 4.78 is 1.59. The van der Waals surface area contributed by atoms with Crippen molar-refractivity contribution < 1.29 is 14.7 Å². The molecule has 0 bridgehead atoms. The van der Waals surface area contributed by atoms with Gasteiger partial charge in [-0.3, -0.25) is 14.4 Å². The molecular weight excluding hydrogens is 320 g/mol. The molecule has 1 aromatic heterocycles. The Morgan fingerprint density at radius 2 is 1.84 bits per heavy atom. The van der Waals surface area contributed by atoms with Crippen molar-refractivity contribution in [3.8, 4) is 0 Å². The molecular formula is C18H30N4O3. The summed E-state index contributed by atoms with van der Waals surface area (Å²) in [5, 5.41) is 14.5. The van der Waals surface area contributed by atoms with Gasteiger partial charge in [-0.05, 0) is 27.1 Å². The minimum Gasteiger partial charge on any atom is -0.479 e. The second-order valence-corrected chi connectivity index (χ2v) is 8.20. The van der Waals surface area contributed by atoms with E-state index in [0.29, 0.717) is 25.9 Å². The van der Waals surface area contributed by atoms with Crippen LogP contribution in [0, 0.1) is 0 Å². The van der Waals surface area contributed by atoms with Gasteiger partial charge in [0.25, 0.3) is 0 Å². The highest BCUT2D eigenvalue weighted by Crippen LogP contribution is 2.32. The monoisotopic (exact) mass is 350 g/mol. The number of nitrogens with zero attached hydrogens (tertiary/aromatic N) is 4. The number of carboxylic acid groups (broad SMARTS) is 1. The molecule has 2 heterocycles. The average Bonchev–Trinajstić information content (AvgIpc) is 3.03. The van der Waals surface area contributed by atoms with Gasteiger partial charge < -0.3 is 10.0 Å². The van der Waals surface area contributed by atoms with Crippen LogP contribution in [-0.4, -0.2) is 69.8 Å². The van der Waals surface area contributed by atoms with Gasteiger partial charge >= 0.3 is 5.97 Å². The Morgan fingerprint density at radius 3 is 2.24 bits per heavy atom. The van der Waals surface area contributed by atoms with Crippen LogP contribution in [-0.2, 0) is 20.5 Å². The Morgan fingerprint density at radius 1 is 1.28 bits per heavy atom. The van der Waals surface area contributed by atoms with Crippen LogP contribution in [0.25, 0.3) is 0 Å². The maximum Gasteiger partial charge on any atom is 0.331 e. The Bertz CT molecular complexity index is 637. The molecule has 1 fully saturated rings. The Hall–Kier alpha value is -1.89. The first-order valence-electron chi connectivity index (χ1n) is 8.74. The van der Waals surface area contributed by atoms with Gasteiger partial charge in [0.05, 0.1) is 11.7 Å². The molecule has 1 amide bonds. The third-order valence-electron chi connectivity index (χ3n) is 5.23. The summed E-state index contributed by atoms with van der Waals surface area (Å²) in [6.07, 6.45) is 2.48. The lowest BCUT2D eigenvalue weighted by molar-refractivity contribution is -0.154. The average molecular weight is 350 g/mol. The molecule has 0 aromatic carbocycles. The Kier molecular flexibility index (Phi) is 5.27. The van der Waals surface area contributed by atoms with Gasteiger partial charge in [0.1, 0.15) is 0 Å². The zero-order valence-corrected chi connectivity index (χ0v) is 16.1. The quantitative estimate of drug-likeness (QED) is 0.891. The summed E-state index contributed by atoms with van der Waals surface area (Å²) in [4.78, 5) is 28.2. The number of piperidine rings is 1. The van der Waals surface area contributed by atoms with Crippen molar-refractivity contribution in [2.75, 3.05) is 27.2 Å². The standard InChI is InChI=1S/C18H30N4O3/c1-13(20(5)6)15(23)21-11-8-18(9-12-21,16(24)25)22-10-7-14(19-22)17(2,3)4/h7,10,13H,8-9,11-12H2,1-6H3,(H,24,25). The maximum atomic E-state index is 12.5. The van der Waals surface area contributed by atoms with Crippen molar-refractivity contribution in [3.05, 3.63) is 18.0 Å². The fourth-order valence-electron chi connectivity index (χ4n) is 3.09. The summed E-state index contributed by atoms with van der Waals surface area (Å²) in [6.45, 7) is 8.87. The molecule has 2 rings (SSSR count). The maximum absolute atomic E-state index is 12.5. The predicted molar refractivity (Wildman–Crippen MR) is 95.5 cm³/mol. The summed E-state index contributed by atoms with van der Waals surface area (Å²) >= 11 is 0. The van der Waals surface area contributed by atoms with Gasteiger partial charge in [-0.2, -0.15) is 5.10 Å². The van der Waals surface area contributed by atoms with Gasteiger partial charge in [0.15, 0.2) is 5.54 Å². The topological polar surface area (TPSA) is 78.7 Å². The minimum absolute atomic E-state index is 0.0415. The number of carboxylic acids is 1. The molecule has 7 nitrogen and oxygen atoms in total. The normalized spacial score (nSPS) is 19.1. The molecule has 0 aliphatic carbocycles. The number of carbonyl (C=O) groups is 2. The van der Waals surface area contributed by atoms with Gasteiger partial charge in [0, 0.05) is 37.5 Å². The fourth-order valence-corrected chi connectivity index (χ4v) is 3.09. The predicted octanol–water partition coefficient (Wildman–Crippen LogP) is 1.53. The first-order valence-corrected chi connectivity index (χ1v) is 8.74. The molecule has 1 aliphatic heterocycles. The minimum atomic E-state index is -1.08. The first kappa shape index (κ1) is 19.4. The number of hydrogen-bond donors (Lipinski definition) is 1. The molecule has 1 aromatic rings. The largest absolute Gasteiger partial charge is 0.479 e. The zero-order valence-electron chi connectivity index (χ0n) is 16.1. The number of likely N-dealkylation sites (tertiary alicyclic amines) is 1. The zero-order chi connectivity index (χ0) is 19.0. The third kappa shape index (κ3) is 3.71. The number of amides is 1. The van der Waals surface area contributed by atoms with E-state index in [1.165, 1.54) is 0 Å². The van der Waals surface area contributed by atoms with Crippen LogP contribution >= 0.6 is 0 Å². The van der Waals surface area contributed by atoms with Crippen molar-refractivity contribution in [2.24, 2.45) is 0 Å². The molecule has 1 aliphatic rings. The van der Waals surface area contributed by atoms with E-state index in [0.717, 1.165) is 5.69 Å². The van der Waals surface area contributed by atoms with E-state index in [1.807, 2.05) is 32.0 Å². The number of aliphatic carboxylic acids is 1. The lowest BCUT2D eigenvalue weighted by atomic mass is 9.87. The van der Waals surface area contributed by atoms with Gasteiger partial charge in [-0.15, -0.1) is 0 Å². The molecule has 7 heteroatoms. The van der Waals surface area contributed by atoms with Crippen LogP contribution in [0.15, 0.2) is 12.3 Å². The van der Waals surface area contributed by atoms with Gasteiger partial charge in [-0.1, -0.05) is 20.8 Å². The number of likely N-dealkylation sites (N-methyl/N-ethyl adjacent to an activating group) is 1. The molecule has 1 unspecified atom stereocenters. The Labute approximate surface area is 149 Å². The van der Waals surface area contributed by atoms with Crippen LogP contribution in [0.2, 0.25) is 0 Å². The molecule has 0 saturated carbocycles. The lowest BCUT2D eigenvalue weighted by Gasteiger charge is -2.40. The number of carbonyl (C=O) groups excluding carboxylic acids is 1. The van der Waals surface area contributed by atoms with Crippen molar-refractivity contribution in [2.45, 2.75) is 57.5 Å². The Balaban J connectivity index is 2.20. The van der Waals surface area contributed by atoms with Gasteiger partial charge in [0.2, 0.25) is 5.91 Å². The van der Waals surface area contributed by atoms with E-state index in [4.69, 9.17) is 0 Å². The van der Waals surface area contributed by atoms with Crippen molar-refractivity contribution in [1.29, 1.82) is 0 Å². The molecule has 1 N–H and O–H groups in total. The summed E-state index contributed by atoms with van der Waals surface area (Å²) in [5.74, 6) is -0.844. The van der Waals surface area contributed by atoms with E-state index in [1.54, 1.807) is 15.8 Å². The lowest BCUT2D eigenvalue weighted by Crippen LogP contribution is -2.55. The highest BCUT2D eigenvalue weighted by molar-refractivity contribution is 5.82. The van der Waals surface area contributed by atoms with E-state index in [-0.39, 0.29) is 17.4 Å². The molecule has 25 heavy (non-hydrogen) atoms. The number of hydrogen-bond acceptors (Lipinski definition) is 4. The van der Waals surface area contributed by atoms with Crippen molar-refractivity contribution in [1.82, 2.24) is 19.6 Å². The number of rotatable bonds is 4. The molecule has 1 saturated heterocycles. The first-order chi connectivity index (χ1) is 11.5. The third-order valence-corrected chi connectivity index (χ3v) is 5.23. The van der Waals surface area contributed by atoms with Gasteiger partial charge in [-0.25, -0.2) is 4.79 Å². The summed E-state index contributed by atoms with van der Waals surface area (Å²) in [6, 6.07) is 1.67. The van der Waals surface area contributed by atoms with Crippen molar-refractivity contribution in [3.63, 3.8) is 0 Å². The number of aromatic nitrogens is 2. The smallest absolute Gasteiger partial charge is 0.331 e. The summed E-state index contributed by atoms with van der Waals surface area (Å²) in [5.41, 5.74) is -0.349. The molecule has 140 valence electrons. The van der Waals surface area contributed by atoms with Crippen LogP contribution in [0.3, 0.4) is 0 Å². The molecule has 1 atom stereocenters. The fraction of sp³-hybridized carbons (Fsp3) is 0.722. The van der Waals surface area contributed by atoms with Crippen LogP contribution in [0.5, 0.6) is 0 Å². The van der Waals surface area contributed by atoms with E-state index >= 15 is 0 Å². The van der Waals surface area contributed by atoms with E-state index in [9.17, 15) is 14.7 Å². The highest BCUT2D eigenvalue weighted by atomic mass is 16.4. The van der Waals surface area contributed by atoms with Crippen molar-refractivity contribution >= 4 is 11.9 Å². The highest BCUT2D eigenvalue weighted by Gasteiger charge is 2.45. The van der Waals surface area contributed by atoms with Crippen LogP contribution in [0.4, 0.5) is 0 Å². The van der Waals surface area contributed by atoms with E-state index in [2.05, 4.69) is 25.9 Å². The SMILES string of the molecule is CC(C(=O)N1CCC(C(=O)O)(n2ccc(C(C)(C)C)n2)CC1)N(C)C. The molecule has 0 radical (unpaired) electrons. The summed E-state index contributed by atoms with van der Waals surface area (Å²) in [7, 11) is 3.73. The molecule has 0 spiro atoms. The second kappa shape index (κ2) is 6.78. The van der Waals surface area contributed by atoms with E-state index < -0.39 is 11.5 Å². The van der Waals surface area contributed by atoms with Crippen LogP contribution in [0.1, 0.15) is 46.2 Å². The van der Waals surface area contributed by atoms with Crippen LogP contribution < -0.4 is 0 Å².